The SMILES string of the molecule is CCc1cccc2c3c([nH]c12)C(=O)N(C)CC3. The minimum absolute atomic E-state index is 0.115. The van der Waals surface area contributed by atoms with Gasteiger partial charge in [-0.3, -0.25) is 4.79 Å². The Morgan fingerprint density at radius 3 is 3.00 bits per heavy atom. The van der Waals surface area contributed by atoms with Crippen LogP contribution < -0.4 is 0 Å². The highest BCUT2D eigenvalue weighted by molar-refractivity contribution is 6.02. The summed E-state index contributed by atoms with van der Waals surface area (Å²) in [6.45, 7) is 2.96. The van der Waals surface area contributed by atoms with Crippen molar-refractivity contribution < 1.29 is 4.79 Å². The van der Waals surface area contributed by atoms with Gasteiger partial charge in [0, 0.05) is 24.5 Å². The minimum Gasteiger partial charge on any atom is -0.350 e. The van der Waals surface area contributed by atoms with Crippen LogP contribution in [0.5, 0.6) is 0 Å². The molecule has 0 spiro atoms. The summed E-state index contributed by atoms with van der Waals surface area (Å²) >= 11 is 0. The normalized spacial score (nSPS) is 15.4. The van der Waals surface area contributed by atoms with Crippen molar-refractivity contribution in [1.29, 1.82) is 0 Å². The summed E-state index contributed by atoms with van der Waals surface area (Å²) in [6, 6.07) is 6.32. The van der Waals surface area contributed by atoms with E-state index in [0.717, 1.165) is 30.6 Å². The number of aromatic nitrogens is 1. The number of likely N-dealkylation sites (N-methyl/N-ethyl adjacent to an activating group) is 1. The molecule has 1 aliphatic rings. The van der Waals surface area contributed by atoms with Crippen LogP contribution in [-0.2, 0) is 12.8 Å². The molecule has 1 aromatic heterocycles. The van der Waals surface area contributed by atoms with E-state index in [-0.39, 0.29) is 5.91 Å². The fourth-order valence-corrected chi connectivity index (χ4v) is 2.64. The first-order valence-corrected chi connectivity index (χ1v) is 6.10. The zero-order valence-electron chi connectivity index (χ0n) is 10.2. The highest BCUT2D eigenvalue weighted by Gasteiger charge is 2.25. The lowest BCUT2D eigenvalue weighted by molar-refractivity contribution is 0.0776. The number of nitrogens with one attached hydrogen (secondary N) is 1. The van der Waals surface area contributed by atoms with Crippen molar-refractivity contribution in [2.45, 2.75) is 19.8 Å². The van der Waals surface area contributed by atoms with Crippen molar-refractivity contribution >= 4 is 16.8 Å². The second-order valence-corrected chi connectivity index (χ2v) is 4.65. The van der Waals surface area contributed by atoms with Gasteiger partial charge < -0.3 is 9.88 Å². The van der Waals surface area contributed by atoms with E-state index in [4.69, 9.17) is 0 Å². The Morgan fingerprint density at radius 1 is 1.41 bits per heavy atom. The second-order valence-electron chi connectivity index (χ2n) is 4.65. The van der Waals surface area contributed by atoms with Crippen LogP contribution in [0.25, 0.3) is 10.9 Å². The summed E-state index contributed by atoms with van der Waals surface area (Å²) < 4.78 is 0. The van der Waals surface area contributed by atoms with Gasteiger partial charge in [-0.15, -0.1) is 0 Å². The number of carbonyl (C=O) groups excluding carboxylic acids is 1. The van der Waals surface area contributed by atoms with Crippen molar-refractivity contribution in [2.75, 3.05) is 13.6 Å². The molecule has 0 saturated carbocycles. The average molecular weight is 228 g/mol. The topological polar surface area (TPSA) is 36.1 Å². The predicted molar refractivity (Wildman–Crippen MR) is 68.3 cm³/mol. The number of aromatic amines is 1. The molecule has 1 aliphatic heterocycles. The van der Waals surface area contributed by atoms with Gasteiger partial charge in [-0.25, -0.2) is 0 Å². The molecule has 3 nitrogen and oxygen atoms in total. The maximum absolute atomic E-state index is 12.1. The van der Waals surface area contributed by atoms with Crippen LogP contribution in [0, 0.1) is 0 Å². The number of hydrogen-bond donors (Lipinski definition) is 1. The van der Waals surface area contributed by atoms with E-state index in [9.17, 15) is 4.79 Å². The van der Waals surface area contributed by atoms with Gasteiger partial charge in [-0.2, -0.15) is 0 Å². The van der Waals surface area contributed by atoms with Crippen LogP contribution in [-0.4, -0.2) is 29.4 Å². The molecule has 2 aromatic rings. The summed E-state index contributed by atoms with van der Waals surface area (Å²) in [5.41, 5.74) is 4.41. The molecule has 17 heavy (non-hydrogen) atoms. The van der Waals surface area contributed by atoms with Crippen LogP contribution >= 0.6 is 0 Å². The number of carbonyl (C=O) groups is 1. The van der Waals surface area contributed by atoms with Crippen LogP contribution in [0.1, 0.15) is 28.5 Å². The van der Waals surface area contributed by atoms with Crippen LogP contribution in [0.4, 0.5) is 0 Å². The number of aryl methyl sites for hydroxylation is 1. The van der Waals surface area contributed by atoms with E-state index in [2.05, 4.69) is 30.1 Å². The van der Waals surface area contributed by atoms with Gasteiger partial charge in [0.05, 0.1) is 0 Å². The second kappa shape index (κ2) is 3.62. The molecule has 0 fully saturated rings. The molecule has 0 saturated heterocycles. The first kappa shape index (κ1) is 10.4. The lowest BCUT2D eigenvalue weighted by Gasteiger charge is -2.22. The van der Waals surface area contributed by atoms with Crippen molar-refractivity contribution in [2.24, 2.45) is 0 Å². The van der Waals surface area contributed by atoms with Gasteiger partial charge in [-0.05, 0) is 24.0 Å². The minimum atomic E-state index is 0.115. The van der Waals surface area contributed by atoms with Gasteiger partial charge in [-0.1, -0.05) is 25.1 Å². The molecular weight excluding hydrogens is 212 g/mol. The molecule has 0 aliphatic carbocycles. The zero-order valence-corrected chi connectivity index (χ0v) is 10.2. The summed E-state index contributed by atoms with van der Waals surface area (Å²) in [4.78, 5) is 17.2. The quantitative estimate of drug-likeness (QED) is 0.799. The Kier molecular flexibility index (Phi) is 2.21. The largest absolute Gasteiger partial charge is 0.350 e. The average Bonchev–Trinajstić information content (AvgIpc) is 2.73. The molecule has 1 N–H and O–H groups in total. The number of fused-ring (bicyclic) bond motifs is 3. The summed E-state index contributed by atoms with van der Waals surface area (Å²) in [5.74, 6) is 0.115. The third-order valence-corrected chi connectivity index (χ3v) is 3.67. The predicted octanol–water partition coefficient (Wildman–Crippen LogP) is 2.36. The molecule has 3 heteroatoms. The van der Waals surface area contributed by atoms with Crippen molar-refractivity contribution in [1.82, 2.24) is 9.88 Å². The van der Waals surface area contributed by atoms with E-state index in [1.54, 1.807) is 4.90 Å². The Balaban J connectivity index is 2.30. The Labute approximate surface area is 100 Å². The molecule has 88 valence electrons. The number of nitrogens with zero attached hydrogens (tertiary/aromatic N) is 1. The van der Waals surface area contributed by atoms with Crippen LogP contribution in [0.15, 0.2) is 18.2 Å². The highest BCUT2D eigenvalue weighted by atomic mass is 16.2. The molecule has 2 heterocycles. The van der Waals surface area contributed by atoms with Crippen LogP contribution in [0.2, 0.25) is 0 Å². The number of para-hydroxylation sites is 1. The molecule has 0 bridgehead atoms. The lowest BCUT2D eigenvalue weighted by Crippen LogP contribution is -2.33. The number of rotatable bonds is 1. The van der Waals surface area contributed by atoms with Gasteiger partial charge in [0.15, 0.2) is 0 Å². The molecule has 3 rings (SSSR count). The third kappa shape index (κ3) is 1.38. The highest BCUT2D eigenvalue weighted by Crippen LogP contribution is 2.29. The fraction of sp³-hybridized carbons (Fsp3) is 0.357. The molecule has 0 radical (unpaired) electrons. The molecule has 1 aromatic carbocycles. The monoisotopic (exact) mass is 228 g/mol. The van der Waals surface area contributed by atoms with Gasteiger partial charge >= 0.3 is 0 Å². The summed E-state index contributed by atoms with van der Waals surface area (Å²) in [7, 11) is 1.86. The van der Waals surface area contributed by atoms with Gasteiger partial charge in [0.25, 0.3) is 5.91 Å². The molecule has 1 amide bonds. The zero-order chi connectivity index (χ0) is 12.0. The van der Waals surface area contributed by atoms with E-state index in [1.165, 1.54) is 16.5 Å². The number of H-pyrrole nitrogens is 1. The van der Waals surface area contributed by atoms with E-state index in [1.807, 2.05) is 7.05 Å². The number of benzene rings is 1. The smallest absolute Gasteiger partial charge is 0.270 e. The molecular formula is C14H16N2O. The van der Waals surface area contributed by atoms with Gasteiger partial charge in [0.1, 0.15) is 5.69 Å². The van der Waals surface area contributed by atoms with Crippen molar-refractivity contribution in [3.8, 4) is 0 Å². The lowest BCUT2D eigenvalue weighted by atomic mass is 10.0. The Morgan fingerprint density at radius 2 is 2.24 bits per heavy atom. The number of amides is 1. The number of hydrogen-bond acceptors (Lipinski definition) is 1. The van der Waals surface area contributed by atoms with Crippen LogP contribution in [0.3, 0.4) is 0 Å². The van der Waals surface area contributed by atoms with Crippen molar-refractivity contribution in [3.05, 3.63) is 35.0 Å². The Hall–Kier alpha value is -1.77. The fourth-order valence-electron chi connectivity index (χ4n) is 2.64. The third-order valence-electron chi connectivity index (χ3n) is 3.67. The summed E-state index contributed by atoms with van der Waals surface area (Å²) in [6.07, 6.45) is 1.94. The first-order chi connectivity index (χ1) is 8.22. The van der Waals surface area contributed by atoms with E-state index >= 15 is 0 Å². The maximum atomic E-state index is 12.1. The summed E-state index contributed by atoms with van der Waals surface area (Å²) in [5, 5.41) is 1.22. The Bertz CT molecular complexity index is 598. The van der Waals surface area contributed by atoms with Crippen molar-refractivity contribution in [3.63, 3.8) is 0 Å². The van der Waals surface area contributed by atoms with E-state index < -0.39 is 0 Å². The first-order valence-electron chi connectivity index (χ1n) is 6.10. The maximum Gasteiger partial charge on any atom is 0.270 e. The van der Waals surface area contributed by atoms with Gasteiger partial charge in [0.2, 0.25) is 0 Å². The molecule has 0 atom stereocenters. The van der Waals surface area contributed by atoms with E-state index in [0.29, 0.717) is 0 Å². The standard InChI is InChI=1S/C14H16N2O/c1-3-9-5-4-6-10-11-7-8-16(2)14(17)13(11)15-12(9)10/h4-6,15H,3,7-8H2,1-2H3. The molecule has 0 unspecified atom stereocenters.